The zero-order valence-electron chi connectivity index (χ0n) is 9.10. The summed E-state index contributed by atoms with van der Waals surface area (Å²) in [6, 6.07) is 5.41. The van der Waals surface area contributed by atoms with Crippen LogP contribution in [0.3, 0.4) is 0 Å². The fourth-order valence-corrected chi connectivity index (χ4v) is 1.41. The van der Waals surface area contributed by atoms with Gasteiger partial charge in [-0.2, -0.15) is 5.26 Å². The van der Waals surface area contributed by atoms with Crippen LogP contribution in [-0.2, 0) is 0 Å². The molecule has 0 saturated carbocycles. The lowest BCUT2D eigenvalue weighted by atomic mass is 10.3. The SMILES string of the molecule is Cc1ncn(-c2ccc(N)c(C#N)n2)c1C. The molecule has 0 fully saturated rings. The van der Waals surface area contributed by atoms with Gasteiger partial charge in [-0.05, 0) is 26.0 Å². The van der Waals surface area contributed by atoms with Crippen molar-refractivity contribution < 1.29 is 0 Å². The van der Waals surface area contributed by atoms with Gasteiger partial charge in [-0.3, -0.25) is 4.57 Å². The smallest absolute Gasteiger partial charge is 0.165 e. The number of rotatable bonds is 1. The molecule has 2 rings (SSSR count). The second-order valence-electron chi connectivity index (χ2n) is 3.50. The highest BCUT2D eigenvalue weighted by Gasteiger charge is 2.07. The van der Waals surface area contributed by atoms with Gasteiger partial charge < -0.3 is 5.73 Å². The number of anilines is 1. The van der Waals surface area contributed by atoms with E-state index < -0.39 is 0 Å². The summed E-state index contributed by atoms with van der Waals surface area (Å²) < 4.78 is 1.83. The van der Waals surface area contributed by atoms with Crippen LogP contribution in [0, 0.1) is 25.2 Å². The van der Waals surface area contributed by atoms with Crippen LogP contribution in [0.1, 0.15) is 17.1 Å². The number of nitrogen functional groups attached to an aromatic ring is 1. The van der Waals surface area contributed by atoms with E-state index in [1.165, 1.54) is 0 Å². The van der Waals surface area contributed by atoms with Gasteiger partial charge in [0.15, 0.2) is 5.69 Å². The standard InChI is InChI=1S/C11H11N5/c1-7-8(2)16(6-14-7)11-4-3-9(13)10(5-12)15-11/h3-4,6H,13H2,1-2H3. The van der Waals surface area contributed by atoms with Gasteiger partial charge >= 0.3 is 0 Å². The highest BCUT2D eigenvalue weighted by atomic mass is 15.1. The van der Waals surface area contributed by atoms with Gasteiger partial charge in [0.2, 0.25) is 0 Å². The number of nitrogens with zero attached hydrogens (tertiary/aromatic N) is 4. The summed E-state index contributed by atoms with van der Waals surface area (Å²) in [5, 5.41) is 8.85. The van der Waals surface area contributed by atoms with E-state index >= 15 is 0 Å². The van der Waals surface area contributed by atoms with E-state index in [1.54, 1.807) is 18.5 Å². The predicted molar refractivity (Wildman–Crippen MR) is 60.0 cm³/mol. The Bertz CT molecular complexity index is 577. The van der Waals surface area contributed by atoms with Crippen LogP contribution in [0.2, 0.25) is 0 Å². The van der Waals surface area contributed by atoms with Crippen LogP contribution in [0.5, 0.6) is 0 Å². The minimum Gasteiger partial charge on any atom is -0.396 e. The van der Waals surface area contributed by atoms with Crippen molar-refractivity contribution in [2.45, 2.75) is 13.8 Å². The van der Waals surface area contributed by atoms with E-state index in [2.05, 4.69) is 9.97 Å². The Morgan fingerprint density at radius 3 is 2.69 bits per heavy atom. The van der Waals surface area contributed by atoms with Crippen LogP contribution in [0.25, 0.3) is 5.82 Å². The van der Waals surface area contributed by atoms with E-state index in [9.17, 15) is 0 Å². The third-order valence-corrected chi connectivity index (χ3v) is 2.52. The molecule has 0 aliphatic rings. The minimum atomic E-state index is 0.239. The first-order valence-electron chi connectivity index (χ1n) is 4.81. The van der Waals surface area contributed by atoms with Crippen LogP contribution in [0.4, 0.5) is 5.69 Å². The van der Waals surface area contributed by atoms with Gasteiger partial charge in [-0.25, -0.2) is 9.97 Å². The fourth-order valence-electron chi connectivity index (χ4n) is 1.41. The molecule has 2 heterocycles. The molecule has 5 nitrogen and oxygen atoms in total. The average molecular weight is 213 g/mol. The molecule has 0 bridgehead atoms. The first-order valence-corrected chi connectivity index (χ1v) is 4.81. The Morgan fingerprint density at radius 1 is 1.38 bits per heavy atom. The van der Waals surface area contributed by atoms with Gasteiger partial charge in [-0.1, -0.05) is 0 Å². The van der Waals surface area contributed by atoms with Crippen molar-refractivity contribution in [2.24, 2.45) is 0 Å². The van der Waals surface area contributed by atoms with Crippen LogP contribution < -0.4 is 5.73 Å². The van der Waals surface area contributed by atoms with Crippen LogP contribution >= 0.6 is 0 Å². The van der Waals surface area contributed by atoms with Gasteiger partial charge in [-0.15, -0.1) is 0 Å². The molecular weight excluding hydrogens is 202 g/mol. The lowest BCUT2D eigenvalue weighted by Crippen LogP contribution is -2.02. The zero-order valence-corrected chi connectivity index (χ0v) is 9.10. The summed E-state index contributed by atoms with van der Waals surface area (Å²) in [5.74, 6) is 0.656. The highest BCUT2D eigenvalue weighted by Crippen LogP contribution is 2.15. The molecule has 0 aliphatic carbocycles. The van der Waals surface area contributed by atoms with E-state index in [0.29, 0.717) is 11.5 Å². The normalized spacial score (nSPS) is 10.1. The molecule has 2 aromatic rings. The van der Waals surface area contributed by atoms with E-state index in [0.717, 1.165) is 11.4 Å². The van der Waals surface area contributed by atoms with E-state index in [4.69, 9.17) is 11.0 Å². The van der Waals surface area contributed by atoms with Gasteiger partial charge in [0.1, 0.15) is 18.2 Å². The van der Waals surface area contributed by atoms with Crippen molar-refractivity contribution >= 4 is 5.69 Å². The maximum absolute atomic E-state index is 8.85. The maximum atomic E-state index is 8.85. The largest absolute Gasteiger partial charge is 0.396 e. The van der Waals surface area contributed by atoms with Crippen LogP contribution in [-0.4, -0.2) is 14.5 Å². The Hall–Kier alpha value is -2.35. The molecule has 0 amide bonds. The number of aryl methyl sites for hydroxylation is 1. The van der Waals surface area contributed by atoms with Crippen molar-refractivity contribution in [3.8, 4) is 11.9 Å². The number of nitriles is 1. The second-order valence-corrected chi connectivity index (χ2v) is 3.50. The molecule has 16 heavy (non-hydrogen) atoms. The molecular formula is C11H11N5. The fraction of sp³-hybridized carbons (Fsp3) is 0.182. The molecule has 0 unspecified atom stereocenters. The van der Waals surface area contributed by atoms with Gasteiger partial charge in [0, 0.05) is 5.69 Å². The molecule has 80 valence electrons. The Balaban J connectivity index is 2.58. The topological polar surface area (TPSA) is 80.5 Å². The Labute approximate surface area is 93.2 Å². The number of hydrogen-bond acceptors (Lipinski definition) is 4. The number of pyridine rings is 1. The molecule has 0 spiro atoms. The minimum absolute atomic E-state index is 0.239. The second kappa shape index (κ2) is 3.66. The molecule has 2 aromatic heterocycles. The lowest BCUT2D eigenvalue weighted by molar-refractivity contribution is 0.946. The van der Waals surface area contributed by atoms with Crippen molar-refractivity contribution in [3.05, 3.63) is 35.5 Å². The summed E-state index contributed by atoms with van der Waals surface area (Å²) in [4.78, 5) is 8.35. The van der Waals surface area contributed by atoms with E-state index in [-0.39, 0.29) is 5.69 Å². The first kappa shape index (κ1) is 10.2. The third-order valence-electron chi connectivity index (χ3n) is 2.52. The van der Waals surface area contributed by atoms with Crippen molar-refractivity contribution in [1.82, 2.24) is 14.5 Å². The molecule has 2 N–H and O–H groups in total. The molecule has 5 heteroatoms. The monoisotopic (exact) mass is 213 g/mol. The maximum Gasteiger partial charge on any atom is 0.165 e. The number of aromatic nitrogens is 3. The average Bonchev–Trinajstić information content (AvgIpc) is 2.61. The quantitative estimate of drug-likeness (QED) is 0.775. The molecule has 0 aromatic carbocycles. The summed E-state index contributed by atoms with van der Waals surface area (Å²) in [7, 11) is 0. The summed E-state index contributed by atoms with van der Waals surface area (Å²) in [6.07, 6.45) is 1.68. The van der Waals surface area contributed by atoms with Crippen LogP contribution in [0.15, 0.2) is 18.5 Å². The number of nitrogens with two attached hydrogens (primary N) is 1. The van der Waals surface area contributed by atoms with E-state index in [1.807, 2.05) is 24.5 Å². The van der Waals surface area contributed by atoms with Gasteiger partial charge in [0.05, 0.1) is 11.4 Å². The summed E-state index contributed by atoms with van der Waals surface area (Å²) >= 11 is 0. The number of hydrogen-bond donors (Lipinski definition) is 1. The summed E-state index contributed by atoms with van der Waals surface area (Å²) in [6.45, 7) is 3.88. The first-order chi connectivity index (χ1) is 7.63. The molecule has 0 saturated heterocycles. The van der Waals surface area contributed by atoms with Crippen molar-refractivity contribution in [3.63, 3.8) is 0 Å². The Morgan fingerprint density at radius 2 is 2.12 bits per heavy atom. The third kappa shape index (κ3) is 1.50. The molecule has 0 aliphatic heterocycles. The summed E-state index contributed by atoms with van der Waals surface area (Å²) in [5.41, 5.74) is 8.18. The molecule has 0 atom stereocenters. The lowest BCUT2D eigenvalue weighted by Gasteiger charge is -2.05. The van der Waals surface area contributed by atoms with Crippen molar-refractivity contribution in [1.29, 1.82) is 5.26 Å². The predicted octanol–water partition coefficient (Wildman–Crippen LogP) is 1.34. The Kier molecular flexibility index (Phi) is 2.33. The van der Waals surface area contributed by atoms with Crippen molar-refractivity contribution in [2.75, 3.05) is 5.73 Å². The zero-order chi connectivity index (χ0) is 11.7. The molecule has 0 radical (unpaired) electrons. The number of imidazole rings is 1. The van der Waals surface area contributed by atoms with Gasteiger partial charge in [0.25, 0.3) is 0 Å². The highest BCUT2D eigenvalue weighted by molar-refractivity contribution is 5.52.